The standard InChI is InChI=1S/C16H20O3/c1-10(2)9-11-5-6-12-13(18-3)7-8-14(19-4)15(12)16(11)17/h5-9,11,16-17H,1-4H3/t11-,16+/m1/s1. The number of hydrogen-bond donors (Lipinski definition) is 1. The fourth-order valence-corrected chi connectivity index (χ4v) is 2.47. The monoisotopic (exact) mass is 260 g/mol. The molecule has 102 valence electrons. The van der Waals surface area contributed by atoms with Gasteiger partial charge in [0.05, 0.1) is 20.3 Å². The third-order valence-electron chi connectivity index (χ3n) is 3.32. The second kappa shape index (κ2) is 5.49. The van der Waals surface area contributed by atoms with Crippen LogP contribution in [-0.4, -0.2) is 19.3 Å². The Bertz CT molecular complexity index is 525. The van der Waals surface area contributed by atoms with E-state index in [0.29, 0.717) is 5.75 Å². The van der Waals surface area contributed by atoms with E-state index >= 15 is 0 Å². The van der Waals surface area contributed by atoms with Gasteiger partial charge < -0.3 is 14.6 Å². The number of fused-ring (bicyclic) bond motifs is 1. The molecule has 1 aliphatic carbocycles. The number of allylic oxidation sites excluding steroid dienone is 1. The Morgan fingerprint density at radius 1 is 1.16 bits per heavy atom. The fourth-order valence-electron chi connectivity index (χ4n) is 2.47. The summed E-state index contributed by atoms with van der Waals surface area (Å²) in [6, 6.07) is 3.69. The maximum absolute atomic E-state index is 10.6. The van der Waals surface area contributed by atoms with Crippen LogP contribution in [0.25, 0.3) is 6.08 Å². The smallest absolute Gasteiger partial charge is 0.126 e. The predicted molar refractivity (Wildman–Crippen MR) is 76.5 cm³/mol. The van der Waals surface area contributed by atoms with Crippen molar-refractivity contribution in [1.82, 2.24) is 0 Å². The molecule has 0 fully saturated rings. The van der Waals surface area contributed by atoms with Crippen LogP contribution in [0.1, 0.15) is 31.1 Å². The molecule has 0 bridgehead atoms. The van der Waals surface area contributed by atoms with E-state index < -0.39 is 6.10 Å². The number of methoxy groups -OCH3 is 2. The predicted octanol–water partition coefficient (Wildman–Crippen LogP) is 3.35. The van der Waals surface area contributed by atoms with Crippen LogP contribution in [0.15, 0.2) is 29.9 Å². The quantitative estimate of drug-likeness (QED) is 0.847. The van der Waals surface area contributed by atoms with Gasteiger partial charge in [0.25, 0.3) is 0 Å². The van der Waals surface area contributed by atoms with Gasteiger partial charge in [-0.25, -0.2) is 0 Å². The normalized spacial score (nSPS) is 20.7. The molecule has 0 aliphatic heterocycles. The molecule has 0 spiro atoms. The molecule has 1 N–H and O–H groups in total. The highest BCUT2D eigenvalue weighted by molar-refractivity contribution is 5.68. The van der Waals surface area contributed by atoms with Crippen LogP contribution in [-0.2, 0) is 0 Å². The highest BCUT2D eigenvalue weighted by Gasteiger charge is 2.28. The summed E-state index contributed by atoms with van der Waals surface area (Å²) in [5.41, 5.74) is 2.87. The SMILES string of the molecule is COc1ccc(OC)c2c1C=C[C@H](C=C(C)C)[C@@H]2O. The van der Waals surface area contributed by atoms with Gasteiger partial charge in [0.15, 0.2) is 0 Å². The van der Waals surface area contributed by atoms with Crippen molar-refractivity contribution in [3.63, 3.8) is 0 Å². The van der Waals surface area contributed by atoms with Gasteiger partial charge in [-0.2, -0.15) is 0 Å². The Morgan fingerprint density at radius 3 is 2.37 bits per heavy atom. The fraction of sp³-hybridized carbons (Fsp3) is 0.375. The number of hydrogen-bond acceptors (Lipinski definition) is 3. The molecule has 0 aromatic heterocycles. The lowest BCUT2D eigenvalue weighted by Gasteiger charge is -2.27. The van der Waals surface area contributed by atoms with Crippen molar-refractivity contribution < 1.29 is 14.6 Å². The molecule has 0 unspecified atom stereocenters. The summed E-state index contributed by atoms with van der Waals surface area (Å²) in [6.07, 6.45) is 5.44. The summed E-state index contributed by atoms with van der Waals surface area (Å²) in [7, 11) is 3.24. The second-order valence-electron chi connectivity index (χ2n) is 4.92. The minimum Gasteiger partial charge on any atom is -0.496 e. The first-order valence-corrected chi connectivity index (χ1v) is 6.34. The first-order chi connectivity index (χ1) is 9.08. The molecule has 1 aliphatic rings. The van der Waals surface area contributed by atoms with Gasteiger partial charge in [0, 0.05) is 17.0 Å². The van der Waals surface area contributed by atoms with Gasteiger partial charge in [0.1, 0.15) is 11.5 Å². The Hall–Kier alpha value is -1.74. The van der Waals surface area contributed by atoms with Crippen LogP contribution in [0.2, 0.25) is 0 Å². The molecule has 0 amide bonds. The van der Waals surface area contributed by atoms with Gasteiger partial charge in [-0.3, -0.25) is 0 Å². The van der Waals surface area contributed by atoms with Crippen molar-refractivity contribution in [2.45, 2.75) is 20.0 Å². The highest BCUT2D eigenvalue weighted by Crippen LogP contribution is 2.42. The summed E-state index contributed by atoms with van der Waals surface area (Å²) in [6.45, 7) is 4.05. The lowest BCUT2D eigenvalue weighted by molar-refractivity contribution is 0.145. The summed E-state index contributed by atoms with van der Waals surface area (Å²) < 4.78 is 10.7. The number of benzene rings is 1. The number of aliphatic hydroxyl groups excluding tert-OH is 1. The first-order valence-electron chi connectivity index (χ1n) is 6.34. The number of aliphatic hydroxyl groups is 1. The van der Waals surface area contributed by atoms with Gasteiger partial charge >= 0.3 is 0 Å². The number of ether oxygens (including phenoxy) is 2. The molecule has 19 heavy (non-hydrogen) atoms. The Labute approximate surface area is 114 Å². The summed E-state index contributed by atoms with van der Waals surface area (Å²) in [5.74, 6) is 1.42. The average Bonchev–Trinajstić information content (AvgIpc) is 2.40. The van der Waals surface area contributed by atoms with E-state index in [4.69, 9.17) is 9.47 Å². The molecule has 0 saturated carbocycles. The molecule has 2 atom stereocenters. The van der Waals surface area contributed by atoms with Gasteiger partial charge in [0.2, 0.25) is 0 Å². The lowest BCUT2D eigenvalue weighted by atomic mass is 9.85. The molecule has 1 aromatic rings. The van der Waals surface area contributed by atoms with Crippen molar-refractivity contribution in [3.8, 4) is 11.5 Å². The third kappa shape index (κ3) is 2.51. The van der Waals surface area contributed by atoms with E-state index in [1.165, 1.54) is 5.57 Å². The van der Waals surface area contributed by atoms with E-state index in [1.807, 2.05) is 38.1 Å². The van der Waals surface area contributed by atoms with Crippen LogP contribution in [0.5, 0.6) is 11.5 Å². The molecule has 0 saturated heterocycles. The van der Waals surface area contributed by atoms with Crippen molar-refractivity contribution in [3.05, 3.63) is 41.0 Å². The van der Waals surface area contributed by atoms with Gasteiger partial charge in [-0.05, 0) is 26.0 Å². The maximum atomic E-state index is 10.6. The van der Waals surface area contributed by atoms with Crippen molar-refractivity contribution in [1.29, 1.82) is 0 Å². The minimum atomic E-state index is -0.611. The van der Waals surface area contributed by atoms with E-state index in [9.17, 15) is 5.11 Å². The van der Waals surface area contributed by atoms with Crippen LogP contribution in [0.3, 0.4) is 0 Å². The van der Waals surface area contributed by atoms with Crippen LogP contribution in [0.4, 0.5) is 0 Å². The minimum absolute atomic E-state index is 0.0292. The Balaban J connectivity index is 2.55. The second-order valence-corrected chi connectivity index (χ2v) is 4.92. The van der Waals surface area contributed by atoms with Crippen molar-refractivity contribution in [2.24, 2.45) is 5.92 Å². The van der Waals surface area contributed by atoms with E-state index in [1.54, 1.807) is 14.2 Å². The van der Waals surface area contributed by atoms with Crippen molar-refractivity contribution >= 4 is 6.08 Å². The first kappa shape index (κ1) is 13.7. The highest BCUT2D eigenvalue weighted by atomic mass is 16.5. The largest absolute Gasteiger partial charge is 0.496 e. The maximum Gasteiger partial charge on any atom is 0.126 e. The molecule has 0 radical (unpaired) electrons. The molecule has 1 aromatic carbocycles. The lowest BCUT2D eigenvalue weighted by Crippen LogP contribution is -2.15. The zero-order valence-corrected chi connectivity index (χ0v) is 11.8. The Kier molecular flexibility index (Phi) is 3.96. The van der Waals surface area contributed by atoms with E-state index in [0.717, 1.165) is 16.9 Å². The van der Waals surface area contributed by atoms with Gasteiger partial charge in [-0.1, -0.05) is 23.8 Å². The van der Waals surface area contributed by atoms with E-state index in [-0.39, 0.29) is 5.92 Å². The topological polar surface area (TPSA) is 38.7 Å². The van der Waals surface area contributed by atoms with Crippen molar-refractivity contribution in [2.75, 3.05) is 14.2 Å². The zero-order valence-electron chi connectivity index (χ0n) is 11.8. The summed E-state index contributed by atoms with van der Waals surface area (Å²) in [5, 5.41) is 10.6. The van der Waals surface area contributed by atoms with Crippen LogP contribution >= 0.6 is 0 Å². The molecular weight excluding hydrogens is 240 g/mol. The number of rotatable bonds is 3. The molecule has 0 heterocycles. The van der Waals surface area contributed by atoms with Crippen LogP contribution < -0.4 is 9.47 Å². The Morgan fingerprint density at radius 2 is 1.79 bits per heavy atom. The van der Waals surface area contributed by atoms with Crippen LogP contribution in [0, 0.1) is 5.92 Å². The molecule has 3 nitrogen and oxygen atoms in total. The zero-order chi connectivity index (χ0) is 14.0. The van der Waals surface area contributed by atoms with E-state index in [2.05, 4.69) is 6.08 Å². The summed E-state index contributed by atoms with van der Waals surface area (Å²) in [4.78, 5) is 0. The molecule has 3 heteroatoms. The average molecular weight is 260 g/mol. The third-order valence-corrected chi connectivity index (χ3v) is 3.32. The molecule has 2 rings (SSSR count). The molecular formula is C16H20O3. The van der Waals surface area contributed by atoms with Gasteiger partial charge in [-0.15, -0.1) is 0 Å². The summed E-state index contributed by atoms with van der Waals surface area (Å²) >= 11 is 0.